The predicted octanol–water partition coefficient (Wildman–Crippen LogP) is 2.63. The van der Waals surface area contributed by atoms with E-state index in [1.165, 1.54) is 10.5 Å². The van der Waals surface area contributed by atoms with Crippen LogP contribution in [0.1, 0.15) is 24.6 Å². The number of likely N-dealkylation sites (tertiary alicyclic amines) is 1. The van der Waals surface area contributed by atoms with E-state index in [1.54, 1.807) is 11.3 Å². The number of urea groups is 1. The van der Waals surface area contributed by atoms with Crippen molar-refractivity contribution >= 4 is 17.4 Å². The molecule has 0 bridgehead atoms. The van der Waals surface area contributed by atoms with E-state index >= 15 is 0 Å². The van der Waals surface area contributed by atoms with E-state index < -0.39 is 0 Å². The second kappa shape index (κ2) is 8.20. The van der Waals surface area contributed by atoms with Gasteiger partial charge in [-0.25, -0.2) is 4.79 Å². The molecule has 0 atom stereocenters. The molecule has 1 fully saturated rings. The Bertz CT molecular complexity index is 450. The Balaban J connectivity index is 1.59. The van der Waals surface area contributed by atoms with Crippen molar-refractivity contribution in [3.05, 3.63) is 34.5 Å². The first kappa shape index (κ1) is 16.0. The molecule has 1 aromatic heterocycles. The van der Waals surface area contributed by atoms with Crippen LogP contribution in [0.3, 0.4) is 0 Å². The van der Waals surface area contributed by atoms with Gasteiger partial charge >= 0.3 is 6.03 Å². The van der Waals surface area contributed by atoms with Gasteiger partial charge in [-0.2, -0.15) is 0 Å². The van der Waals surface area contributed by atoms with E-state index in [1.807, 2.05) is 6.07 Å². The minimum atomic E-state index is -0.0371. The Morgan fingerprint density at radius 1 is 1.48 bits per heavy atom. The van der Waals surface area contributed by atoms with Crippen LogP contribution in [0.2, 0.25) is 0 Å². The molecule has 1 aliphatic heterocycles. The highest BCUT2D eigenvalue weighted by atomic mass is 32.1. The molecule has 0 aromatic carbocycles. The van der Waals surface area contributed by atoms with E-state index in [4.69, 9.17) is 0 Å². The van der Waals surface area contributed by atoms with Gasteiger partial charge in [-0.05, 0) is 37.6 Å². The maximum Gasteiger partial charge on any atom is 0.315 e. The van der Waals surface area contributed by atoms with Gasteiger partial charge in [-0.3, -0.25) is 4.90 Å². The van der Waals surface area contributed by atoms with Gasteiger partial charge in [-0.15, -0.1) is 11.3 Å². The van der Waals surface area contributed by atoms with Crippen molar-refractivity contribution in [1.82, 2.24) is 15.5 Å². The van der Waals surface area contributed by atoms with Gasteiger partial charge in [0.15, 0.2) is 0 Å². The Morgan fingerprint density at radius 2 is 2.24 bits per heavy atom. The number of hydrogen-bond donors (Lipinski definition) is 2. The van der Waals surface area contributed by atoms with E-state index in [2.05, 4.69) is 40.5 Å². The number of rotatable bonds is 6. The number of nitrogens with zero attached hydrogens (tertiary/aromatic N) is 1. The molecular weight excluding hydrogens is 282 g/mol. The minimum Gasteiger partial charge on any atom is -0.338 e. The summed E-state index contributed by atoms with van der Waals surface area (Å²) in [5.74, 6) is 0. The smallest absolute Gasteiger partial charge is 0.315 e. The Morgan fingerprint density at radius 3 is 2.86 bits per heavy atom. The summed E-state index contributed by atoms with van der Waals surface area (Å²) in [5, 5.41) is 8.08. The number of nitrogens with one attached hydrogen (secondary N) is 2. The third-order valence-corrected chi connectivity index (χ3v) is 4.59. The molecule has 2 N–H and O–H groups in total. The zero-order valence-electron chi connectivity index (χ0n) is 12.7. The molecule has 0 saturated carbocycles. The van der Waals surface area contributed by atoms with Crippen molar-refractivity contribution in [3.63, 3.8) is 0 Å². The second-order valence-corrected chi connectivity index (χ2v) is 6.77. The first-order chi connectivity index (χ1) is 10.1. The fourth-order valence-electron chi connectivity index (χ4n) is 2.61. The third-order valence-electron chi connectivity index (χ3n) is 3.65. The van der Waals surface area contributed by atoms with E-state index in [-0.39, 0.29) is 6.03 Å². The molecule has 2 amide bonds. The van der Waals surface area contributed by atoms with Crippen LogP contribution in [0.5, 0.6) is 0 Å². The van der Waals surface area contributed by atoms with Crippen molar-refractivity contribution < 1.29 is 4.79 Å². The number of carbonyl (C=O) groups is 1. The molecule has 0 spiro atoms. The molecule has 21 heavy (non-hydrogen) atoms. The van der Waals surface area contributed by atoms with Gasteiger partial charge in [-0.1, -0.05) is 18.2 Å². The van der Waals surface area contributed by atoms with E-state index in [0.29, 0.717) is 12.6 Å². The lowest BCUT2D eigenvalue weighted by Gasteiger charge is -2.32. The first-order valence-corrected chi connectivity index (χ1v) is 8.45. The van der Waals surface area contributed by atoms with Crippen LogP contribution in [0.25, 0.3) is 0 Å². The molecule has 2 heterocycles. The Labute approximate surface area is 131 Å². The van der Waals surface area contributed by atoms with Crippen LogP contribution in [0, 0.1) is 0 Å². The molecule has 1 aromatic rings. The van der Waals surface area contributed by atoms with Gasteiger partial charge in [0, 0.05) is 37.1 Å². The van der Waals surface area contributed by atoms with Crippen molar-refractivity contribution in [3.8, 4) is 0 Å². The highest BCUT2D eigenvalue weighted by molar-refractivity contribution is 7.09. The Kier molecular flexibility index (Phi) is 6.26. The van der Waals surface area contributed by atoms with E-state index in [9.17, 15) is 4.79 Å². The molecule has 0 radical (unpaired) electrons. The maximum atomic E-state index is 11.9. The van der Waals surface area contributed by atoms with E-state index in [0.717, 1.165) is 38.9 Å². The monoisotopic (exact) mass is 307 g/mol. The van der Waals surface area contributed by atoms with Crippen molar-refractivity contribution in [2.45, 2.75) is 32.2 Å². The SMILES string of the molecule is C=C(C)CN1CCC(NC(=O)NCCc2cccs2)CC1. The minimum absolute atomic E-state index is 0.0371. The molecular formula is C16H25N3OS. The highest BCUT2D eigenvalue weighted by Crippen LogP contribution is 2.11. The summed E-state index contributed by atoms with van der Waals surface area (Å²) in [7, 11) is 0. The lowest BCUT2D eigenvalue weighted by molar-refractivity contribution is 0.202. The summed E-state index contributed by atoms with van der Waals surface area (Å²) < 4.78 is 0. The van der Waals surface area contributed by atoms with Gasteiger partial charge < -0.3 is 10.6 Å². The molecule has 1 saturated heterocycles. The second-order valence-electron chi connectivity index (χ2n) is 5.74. The largest absolute Gasteiger partial charge is 0.338 e. The lowest BCUT2D eigenvalue weighted by Crippen LogP contribution is -2.48. The van der Waals surface area contributed by atoms with Gasteiger partial charge in [0.05, 0.1) is 0 Å². The zero-order chi connectivity index (χ0) is 15.1. The van der Waals surface area contributed by atoms with Crippen molar-refractivity contribution in [2.24, 2.45) is 0 Å². The molecule has 116 valence electrons. The molecule has 5 heteroatoms. The summed E-state index contributed by atoms with van der Waals surface area (Å²) in [5.41, 5.74) is 1.20. The summed E-state index contributed by atoms with van der Waals surface area (Å²) >= 11 is 1.73. The Hall–Kier alpha value is -1.33. The van der Waals surface area contributed by atoms with Crippen LogP contribution in [-0.2, 0) is 6.42 Å². The van der Waals surface area contributed by atoms with Crippen molar-refractivity contribution in [2.75, 3.05) is 26.2 Å². The number of amides is 2. The quantitative estimate of drug-likeness (QED) is 0.794. The predicted molar refractivity (Wildman–Crippen MR) is 88.8 cm³/mol. The number of thiophene rings is 1. The zero-order valence-corrected chi connectivity index (χ0v) is 13.5. The fourth-order valence-corrected chi connectivity index (χ4v) is 3.32. The van der Waals surface area contributed by atoms with Gasteiger partial charge in [0.25, 0.3) is 0 Å². The standard InChI is InChI=1S/C16H25N3OS/c1-13(2)12-19-9-6-14(7-10-19)18-16(20)17-8-5-15-4-3-11-21-15/h3-4,11,14H,1,5-10,12H2,2H3,(H2,17,18,20). The molecule has 0 aliphatic carbocycles. The van der Waals surface area contributed by atoms with Crippen LogP contribution in [0.15, 0.2) is 29.7 Å². The fraction of sp³-hybridized carbons (Fsp3) is 0.562. The lowest BCUT2D eigenvalue weighted by atomic mass is 10.0. The summed E-state index contributed by atoms with van der Waals surface area (Å²) in [6.45, 7) is 9.75. The highest BCUT2D eigenvalue weighted by Gasteiger charge is 2.20. The topological polar surface area (TPSA) is 44.4 Å². The van der Waals surface area contributed by atoms with Crippen molar-refractivity contribution in [1.29, 1.82) is 0 Å². The van der Waals surface area contributed by atoms with Gasteiger partial charge in [0.2, 0.25) is 0 Å². The first-order valence-electron chi connectivity index (χ1n) is 7.57. The van der Waals surface area contributed by atoms with Crippen LogP contribution in [-0.4, -0.2) is 43.2 Å². The summed E-state index contributed by atoms with van der Waals surface area (Å²) in [6, 6.07) is 4.40. The molecule has 2 rings (SSSR count). The van der Waals surface area contributed by atoms with Crippen LogP contribution >= 0.6 is 11.3 Å². The maximum absolute atomic E-state index is 11.9. The molecule has 4 nitrogen and oxygen atoms in total. The average molecular weight is 307 g/mol. The molecule has 0 unspecified atom stereocenters. The average Bonchev–Trinajstić information content (AvgIpc) is 2.93. The van der Waals surface area contributed by atoms with Gasteiger partial charge in [0.1, 0.15) is 0 Å². The summed E-state index contributed by atoms with van der Waals surface area (Å²) in [6.07, 6.45) is 2.94. The molecule has 1 aliphatic rings. The number of carbonyl (C=O) groups excluding carboxylic acids is 1. The number of hydrogen-bond acceptors (Lipinski definition) is 3. The summed E-state index contributed by atoms with van der Waals surface area (Å²) in [4.78, 5) is 15.6. The van der Waals surface area contributed by atoms with Crippen LogP contribution < -0.4 is 10.6 Å². The van der Waals surface area contributed by atoms with Crippen LogP contribution in [0.4, 0.5) is 4.79 Å². The normalized spacial score (nSPS) is 16.6. The third kappa shape index (κ3) is 5.89. The number of piperidine rings is 1.